The van der Waals surface area contributed by atoms with Gasteiger partial charge in [-0.15, -0.1) is 0 Å². The predicted molar refractivity (Wildman–Crippen MR) is 56.0 cm³/mol. The number of H-pyrrole nitrogens is 1. The van der Waals surface area contributed by atoms with Crippen LogP contribution in [0.1, 0.15) is 17.2 Å². The molecule has 1 aromatic heterocycles. The van der Waals surface area contributed by atoms with Crippen molar-refractivity contribution >= 4 is 5.91 Å². The molecular formula is C11H10FN3O. The van der Waals surface area contributed by atoms with Gasteiger partial charge in [-0.05, 0) is 23.8 Å². The number of halogens is 1. The molecule has 16 heavy (non-hydrogen) atoms. The molecule has 1 amide bonds. The monoisotopic (exact) mass is 219 g/mol. The predicted octanol–water partition coefficient (Wildman–Crippen LogP) is 1.17. The highest BCUT2D eigenvalue weighted by molar-refractivity contribution is 5.85. The van der Waals surface area contributed by atoms with Gasteiger partial charge < -0.3 is 5.73 Å². The van der Waals surface area contributed by atoms with E-state index in [1.54, 1.807) is 12.3 Å². The van der Waals surface area contributed by atoms with Gasteiger partial charge in [-0.25, -0.2) is 4.39 Å². The van der Waals surface area contributed by atoms with Crippen LogP contribution < -0.4 is 5.73 Å². The molecule has 0 aliphatic rings. The van der Waals surface area contributed by atoms with E-state index in [1.807, 2.05) is 0 Å². The first kappa shape index (κ1) is 10.4. The van der Waals surface area contributed by atoms with E-state index in [0.29, 0.717) is 11.3 Å². The van der Waals surface area contributed by atoms with Crippen LogP contribution in [0.4, 0.5) is 4.39 Å². The standard InChI is InChI=1S/C11H10FN3O/c12-8-3-1-7(2-4-8)10(11(13)16)9-5-6-14-15-9/h1-6,10H,(H2,13,16)(H,14,15). The highest BCUT2D eigenvalue weighted by atomic mass is 19.1. The van der Waals surface area contributed by atoms with E-state index in [4.69, 9.17) is 5.73 Å². The lowest BCUT2D eigenvalue weighted by Gasteiger charge is -2.10. The Morgan fingerprint density at radius 2 is 2.00 bits per heavy atom. The minimum atomic E-state index is -0.646. The van der Waals surface area contributed by atoms with Crippen molar-refractivity contribution in [2.45, 2.75) is 5.92 Å². The maximum atomic E-state index is 12.8. The van der Waals surface area contributed by atoms with E-state index < -0.39 is 11.8 Å². The molecule has 2 aromatic rings. The number of benzene rings is 1. The minimum absolute atomic E-state index is 0.353. The number of rotatable bonds is 3. The zero-order valence-corrected chi connectivity index (χ0v) is 8.35. The quantitative estimate of drug-likeness (QED) is 0.813. The second kappa shape index (κ2) is 4.14. The molecule has 3 N–H and O–H groups in total. The molecule has 1 atom stereocenters. The fourth-order valence-electron chi connectivity index (χ4n) is 1.57. The summed E-state index contributed by atoms with van der Waals surface area (Å²) in [4.78, 5) is 11.4. The number of aromatic nitrogens is 2. The normalized spacial score (nSPS) is 12.3. The van der Waals surface area contributed by atoms with Crippen molar-refractivity contribution < 1.29 is 9.18 Å². The molecule has 1 aromatic carbocycles. The van der Waals surface area contributed by atoms with Crippen molar-refractivity contribution in [3.05, 3.63) is 53.6 Å². The maximum absolute atomic E-state index is 12.8. The van der Waals surface area contributed by atoms with Crippen LogP contribution in [0.25, 0.3) is 0 Å². The Balaban J connectivity index is 2.41. The number of hydrogen-bond acceptors (Lipinski definition) is 2. The number of aromatic amines is 1. The summed E-state index contributed by atoms with van der Waals surface area (Å²) in [6, 6.07) is 7.30. The van der Waals surface area contributed by atoms with Crippen molar-refractivity contribution in [2.75, 3.05) is 0 Å². The maximum Gasteiger partial charge on any atom is 0.231 e. The third-order valence-electron chi connectivity index (χ3n) is 2.31. The summed E-state index contributed by atoms with van der Waals surface area (Å²) < 4.78 is 12.8. The number of nitrogens with one attached hydrogen (secondary N) is 1. The van der Waals surface area contributed by atoms with Gasteiger partial charge in [-0.3, -0.25) is 9.89 Å². The van der Waals surface area contributed by atoms with Crippen molar-refractivity contribution in [3.63, 3.8) is 0 Å². The van der Waals surface area contributed by atoms with Crippen molar-refractivity contribution in [2.24, 2.45) is 5.73 Å². The number of nitrogens with zero attached hydrogens (tertiary/aromatic N) is 1. The largest absolute Gasteiger partial charge is 0.369 e. The molecular weight excluding hydrogens is 209 g/mol. The summed E-state index contributed by atoms with van der Waals surface area (Å²) in [6.07, 6.45) is 1.61. The smallest absolute Gasteiger partial charge is 0.231 e. The van der Waals surface area contributed by atoms with E-state index in [-0.39, 0.29) is 5.82 Å². The fraction of sp³-hybridized carbons (Fsp3) is 0.0909. The summed E-state index contributed by atoms with van der Waals surface area (Å²) in [7, 11) is 0. The van der Waals surface area contributed by atoms with Crippen LogP contribution in [-0.2, 0) is 4.79 Å². The molecule has 1 heterocycles. The Kier molecular flexibility index (Phi) is 2.68. The molecule has 0 spiro atoms. The topological polar surface area (TPSA) is 71.8 Å². The Morgan fingerprint density at radius 3 is 2.50 bits per heavy atom. The summed E-state index contributed by atoms with van der Waals surface area (Å²) >= 11 is 0. The van der Waals surface area contributed by atoms with Gasteiger partial charge in [0, 0.05) is 6.20 Å². The first-order chi connectivity index (χ1) is 7.68. The highest BCUT2D eigenvalue weighted by Crippen LogP contribution is 2.22. The van der Waals surface area contributed by atoms with Gasteiger partial charge in [0.2, 0.25) is 5.91 Å². The van der Waals surface area contributed by atoms with E-state index in [9.17, 15) is 9.18 Å². The molecule has 0 aliphatic heterocycles. The lowest BCUT2D eigenvalue weighted by molar-refractivity contribution is -0.118. The third kappa shape index (κ3) is 1.93. The van der Waals surface area contributed by atoms with Crippen molar-refractivity contribution in [1.82, 2.24) is 10.2 Å². The molecule has 1 unspecified atom stereocenters. The highest BCUT2D eigenvalue weighted by Gasteiger charge is 2.21. The Bertz CT molecular complexity index is 478. The average molecular weight is 219 g/mol. The molecule has 0 aliphatic carbocycles. The lowest BCUT2D eigenvalue weighted by Crippen LogP contribution is -2.22. The number of carbonyl (C=O) groups is 1. The fourth-order valence-corrected chi connectivity index (χ4v) is 1.57. The lowest BCUT2D eigenvalue weighted by atomic mass is 9.95. The second-order valence-electron chi connectivity index (χ2n) is 3.39. The van der Waals surface area contributed by atoms with E-state index >= 15 is 0 Å². The second-order valence-corrected chi connectivity index (χ2v) is 3.39. The molecule has 0 saturated carbocycles. The number of primary amides is 1. The number of nitrogens with two attached hydrogens (primary N) is 1. The minimum Gasteiger partial charge on any atom is -0.369 e. The molecule has 2 rings (SSSR count). The van der Waals surface area contributed by atoms with Gasteiger partial charge in [0.1, 0.15) is 11.7 Å². The molecule has 0 bridgehead atoms. The number of carbonyl (C=O) groups excluding carboxylic acids is 1. The summed E-state index contributed by atoms with van der Waals surface area (Å²) in [5.41, 5.74) is 6.46. The molecule has 5 heteroatoms. The van der Waals surface area contributed by atoms with Gasteiger partial charge >= 0.3 is 0 Å². The summed E-state index contributed by atoms with van der Waals surface area (Å²) in [5.74, 6) is -1.51. The first-order valence-electron chi connectivity index (χ1n) is 4.73. The summed E-state index contributed by atoms with van der Waals surface area (Å²) in [6.45, 7) is 0. The van der Waals surface area contributed by atoms with E-state index in [1.165, 1.54) is 24.3 Å². The van der Waals surface area contributed by atoms with Gasteiger partial charge in [-0.2, -0.15) is 5.10 Å². The summed E-state index contributed by atoms with van der Waals surface area (Å²) in [5, 5.41) is 6.53. The Labute approximate surface area is 91.3 Å². The molecule has 0 saturated heterocycles. The van der Waals surface area contributed by atoms with Crippen LogP contribution in [0.3, 0.4) is 0 Å². The molecule has 0 fully saturated rings. The van der Waals surface area contributed by atoms with Gasteiger partial charge in [0.15, 0.2) is 0 Å². The Hall–Kier alpha value is -2.17. The average Bonchev–Trinajstić information content (AvgIpc) is 2.74. The molecule has 0 radical (unpaired) electrons. The zero-order valence-electron chi connectivity index (χ0n) is 8.35. The van der Waals surface area contributed by atoms with Gasteiger partial charge in [0.25, 0.3) is 0 Å². The van der Waals surface area contributed by atoms with Gasteiger partial charge in [-0.1, -0.05) is 12.1 Å². The van der Waals surface area contributed by atoms with Crippen molar-refractivity contribution in [1.29, 1.82) is 0 Å². The van der Waals surface area contributed by atoms with Crippen molar-refractivity contribution in [3.8, 4) is 0 Å². The zero-order chi connectivity index (χ0) is 11.5. The van der Waals surface area contributed by atoms with Gasteiger partial charge in [0.05, 0.1) is 5.69 Å². The van der Waals surface area contributed by atoms with Crippen LogP contribution in [-0.4, -0.2) is 16.1 Å². The molecule has 4 nitrogen and oxygen atoms in total. The van der Waals surface area contributed by atoms with E-state index in [0.717, 1.165) is 0 Å². The van der Waals surface area contributed by atoms with E-state index in [2.05, 4.69) is 10.2 Å². The van der Waals surface area contributed by atoms with Crippen LogP contribution >= 0.6 is 0 Å². The third-order valence-corrected chi connectivity index (χ3v) is 2.31. The van der Waals surface area contributed by atoms with Crippen LogP contribution in [0.2, 0.25) is 0 Å². The number of hydrogen-bond donors (Lipinski definition) is 2. The molecule has 82 valence electrons. The SMILES string of the molecule is NC(=O)C(c1ccc(F)cc1)c1cc[nH]n1. The van der Waals surface area contributed by atoms with Crippen LogP contribution in [0.15, 0.2) is 36.5 Å². The number of amides is 1. The van der Waals surface area contributed by atoms with Crippen LogP contribution in [0, 0.1) is 5.82 Å². The Morgan fingerprint density at radius 1 is 1.31 bits per heavy atom. The van der Waals surface area contributed by atoms with Crippen LogP contribution in [0.5, 0.6) is 0 Å². The first-order valence-corrected chi connectivity index (χ1v) is 4.73.